The Morgan fingerprint density at radius 1 is 1.04 bits per heavy atom. The van der Waals surface area contributed by atoms with Gasteiger partial charge in [0.1, 0.15) is 0 Å². The number of hydrogen-bond donors (Lipinski definition) is 1. The molecular formula is C21H20N4O2. The number of benzene rings is 1. The predicted molar refractivity (Wildman–Crippen MR) is 102 cm³/mol. The molecule has 6 heteroatoms. The van der Waals surface area contributed by atoms with Gasteiger partial charge in [-0.1, -0.05) is 19.1 Å². The van der Waals surface area contributed by atoms with Gasteiger partial charge in [0, 0.05) is 48.2 Å². The molecule has 1 fully saturated rings. The Kier molecular flexibility index (Phi) is 4.54. The number of fused-ring (bicyclic) bond motifs is 1. The van der Waals surface area contributed by atoms with Crippen molar-refractivity contribution in [2.75, 3.05) is 13.1 Å². The Balaban J connectivity index is 1.47. The Bertz CT molecular complexity index is 990. The van der Waals surface area contributed by atoms with E-state index >= 15 is 0 Å². The van der Waals surface area contributed by atoms with Crippen molar-refractivity contribution in [3.8, 4) is 0 Å². The second kappa shape index (κ2) is 7.15. The van der Waals surface area contributed by atoms with E-state index in [9.17, 15) is 9.59 Å². The van der Waals surface area contributed by atoms with Gasteiger partial charge in [0.05, 0.1) is 11.6 Å². The molecular weight excluding hydrogens is 340 g/mol. The van der Waals surface area contributed by atoms with Crippen LogP contribution < -0.4 is 5.32 Å². The van der Waals surface area contributed by atoms with Gasteiger partial charge in [-0.25, -0.2) is 0 Å². The summed E-state index contributed by atoms with van der Waals surface area (Å²) in [6.07, 6.45) is 4.91. The minimum absolute atomic E-state index is 0.0323. The summed E-state index contributed by atoms with van der Waals surface area (Å²) in [5.41, 5.74) is 2.00. The van der Waals surface area contributed by atoms with Gasteiger partial charge in [-0.05, 0) is 36.2 Å². The van der Waals surface area contributed by atoms with Crippen molar-refractivity contribution in [3.05, 3.63) is 72.2 Å². The van der Waals surface area contributed by atoms with Gasteiger partial charge in [-0.3, -0.25) is 19.6 Å². The fraction of sp³-hybridized carbons (Fsp3) is 0.238. The monoisotopic (exact) mass is 360 g/mol. The van der Waals surface area contributed by atoms with Crippen LogP contribution in [0.5, 0.6) is 0 Å². The van der Waals surface area contributed by atoms with Crippen LogP contribution in [0.1, 0.15) is 27.6 Å². The van der Waals surface area contributed by atoms with Gasteiger partial charge in [0.25, 0.3) is 11.8 Å². The lowest BCUT2D eigenvalue weighted by Crippen LogP contribution is -2.40. The van der Waals surface area contributed by atoms with Gasteiger partial charge >= 0.3 is 0 Å². The van der Waals surface area contributed by atoms with Crippen LogP contribution in [-0.2, 0) is 0 Å². The van der Waals surface area contributed by atoms with E-state index in [1.807, 2.05) is 37.3 Å². The molecule has 0 saturated carbocycles. The van der Waals surface area contributed by atoms with Crippen molar-refractivity contribution in [2.24, 2.45) is 5.92 Å². The molecule has 1 saturated heterocycles. The summed E-state index contributed by atoms with van der Waals surface area (Å²) in [5.74, 6) is 0.00633. The molecule has 2 aromatic heterocycles. The normalized spacial score (nSPS) is 19.2. The maximum Gasteiger partial charge on any atom is 0.254 e. The second-order valence-corrected chi connectivity index (χ2v) is 6.91. The molecule has 0 bridgehead atoms. The fourth-order valence-electron chi connectivity index (χ4n) is 3.46. The van der Waals surface area contributed by atoms with Crippen molar-refractivity contribution in [1.29, 1.82) is 0 Å². The lowest BCUT2D eigenvalue weighted by molar-refractivity contribution is 0.0781. The molecule has 3 heterocycles. The molecule has 2 amide bonds. The first-order valence-corrected chi connectivity index (χ1v) is 8.97. The third-order valence-corrected chi connectivity index (χ3v) is 5.01. The summed E-state index contributed by atoms with van der Waals surface area (Å²) in [6.45, 7) is 3.16. The zero-order valence-corrected chi connectivity index (χ0v) is 15.0. The maximum absolute atomic E-state index is 12.9. The van der Waals surface area contributed by atoms with Crippen molar-refractivity contribution < 1.29 is 9.59 Å². The summed E-state index contributed by atoms with van der Waals surface area (Å²) >= 11 is 0. The average molecular weight is 360 g/mol. The second-order valence-electron chi connectivity index (χ2n) is 6.91. The Morgan fingerprint density at radius 2 is 1.85 bits per heavy atom. The third kappa shape index (κ3) is 3.51. The first kappa shape index (κ1) is 17.1. The SMILES string of the molecule is C[C@@H]1CN(C(=O)c2ccc3cccnc3c2)C[C@H]1NC(=O)c1ccncc1. The highest BCUT2D eigenvalue weighted by Gasteiger charge is 2.34. The number of nitrogens with zero attached hydrogens (tertiary/aromatic N) is 3. The van der Waals surface area contributed by atoms with E-state index in [0.717, 1.165) is 10.9 Å². The zero-order valence-electron chi connectivity index (χ0n) is 15.0. The highest BCUT2D eigenvalue weighted by molar-refractivity contribution is 5.98. The number of aromatic nitrogens is 2. The summed E-state index contributed by atoms with van der Waals surface area (Å²) in [5, 5.41) is 4.04. The van der Waals surface area contributed by atoms with E-state index in [0.29, 0.717) is 24.2 Å². The standard InChI is InChI=1S/C21H20N4O2/c1-14-12-25(13-19(14)24-20(26)16-6-9-22-10-7-16)21(27)17-5-4-15-3-2-8-23-18(15)11-17/h2-11,14,19H,12-13H2,1H3,(H,24,26)/t14-,19-/m1/s1. The van der Waals surface area contributed by atoms with Crippen LogP contribution in [-0.4, -0.2) is 45.8 Å². The van der Waals surface area contributed by atoms with Crippen LogP contribution in [0, 0.1) is 5.92 Å². The average Bonchev–Trinajstić information content (AvgIpc) is 3.08. The Hall–Kier alpha value is -3.28. The van der Waals surface area contributed by atoms with E-state index in [1.165, 1.54) is 0 Å². The quantitative estimate of drug-likeness (QED) is 0.779. The minimum Gasteiger partial charge on any atom is -0.347 e. The summed E-state index contributed by atoms with van der Waals surface area (Å²) in [4.78, 5) is 35.3. The van der Waals surface area contributed by atoms with Gasteiger partial charge < -0.3 is 10.2 Å². The van der Waals surface area contributed by atoms with Gasteiger partial charge in [-0.15, -0.1) is 0 Å². The van der Waals surface area contributed by atoms with E-state index < -0.39 is 0 Å². The molecule has 1 aliphatic heterocycles. The number of hydrogen-bond acceptors (Lipinski definition) is 4. The molecule has 1 N–H and O–H groups in total. The lowest BCUT2D eigenvalue weighted by Gasteiger charge is -2.17. The molecule has 4 rings (SSSR count). The highest BCUT2D eigenvalue weighted by atomic mass is 16.2. The van der Waals surface area contributed by atoms with Crippen molar-refractivity contribution >= 4 is 22.7 Å². The lowest BCUT2D eigenvalue weighted by atomic mass is 10.1. The number of likely N-dealkylation sites (tertiary alicyclic amines) is 1. The molecule has 0 unspecified atom stereocenters. The van der Waals surface area contributed by atoms with Gasteiger partial charge in [-0.2, -0.15) is 0 Å². The van der Waals surface area contributed by atoms with Crippen LogP contribution in [0.2, 0.25) is 0 Å². The summed E-state index contributed by atoms with van der Waals surface area (Å²) < 4.78 is 0. The fourth-order valence-corrected chi connectivity index (χ4v) is 3.46. The molecule has 136 valence electrons. The van der Waals surface area contributed by atoms with Gasteiger partial charge in [0.15, 0.2) is 0 Å². The van der Waals surface area contributed by atoms with Crippen LogP contribution >= 0.6 is 0 Å². The Morgan fingerprint density at radius 3 is 2.67 bits per heavy atom. The van der Waals surface area contributed by atoms with E-state index in [2.05, 4.69) is 15.3 Å². The molecule has 0 aliphatic carbocycles. The van der Waals surface area contributed by atoms with Crippen molar-refractivity contribution in [2.45, 2.75) is 13.0 Å². The number of carbonyl (C=O) groups is 2. The largest absolute Gasteiger partial charge is 0.347 e. The van der Waals surface area contributed by atoms with E-state index in [1.54, 1.807) is 35.6 Å². The van der Waals surface area contributed by atoms with Crippen molar-refractivity contribution in [1.82, 2.24) is 20.2 Å². The minimum atomic E-state index is -0.140. The number of pyridine rings is 2. The van der Waals surface area contributed by atoms with Crippen LogP contribution in [0.25, 0.3) is 10.9 Å². The molecule has 2 atom stereocenters. The number of carbonyl (C=O) groups excluding carboxylic acids is 2. The first-order valence-electron chi connectivity index (χ1n) is 8.97. The topological polar surface area (TPSA) is 75.2 Å². The third-order valence-electron chi connectivity index (χ3n) is 5.01. The van der Waals surface area contributed by atoms with Crippen LogP contribution in [0.3, 0.4) is 0 Å². The molecule has 0 radical (unpaired) electrons. The summed E-state index contributed by atoms with van der Waals surface area (Å²) in [7, 11) is 0. The molecule has 6 nitrogen and oxygen atoms in total. The Labute approximate surface area is 157 Å². The molecule has 1 aromatic carbocycles. The zero-order chi connectivity index (χ0) is 18.8. The first-order chi connectivity index (χ1) is 13.1. The van der Waals surface area contributed by atoms with Crippen molar-refractivity contribution in [3.63, 3.8) is 0 Å². The van der Waals surface area contributed by atoms with E-state index in [-0.39, 0.29) is 23.8 Å². The number of amides is 2. The number of rotatable bonds is 3. The van der Waals surface area contributed by atoms with Crippen LogP contribution in [0.4, 0.5) is 0 Å². The summed E-state index contributed by atoms with van der Waals surface area (Å²) in [6, 6.07) is 12.7. The van der Waals surface area contributed by atoms with Crippen LogP contribution in [0.15, 0.2) is 61.1 Å². The van der Waals surface area contributed by atoms with E-state index in [4.69, 9.17) is 0 Å². The molecule has 1 aliphatic rings. The highest BCUT2D eigenvalue weighted by Crippen LogP contribution is 2.21. The molecule has 3 aromatic rings. The maximum atomic E-state index is 12.9. The smallest absolute Gasteiger partial charge is 0.254 e. The molecule has 27 heavy (non-hydrogen) atoms. The van der Waals surface area contributed by atoms with Gasteiger partial charge in [0.2, 0.25) is 0 Å². The predicted octanol–water partition coefficient (Wildman–Crippen LogP) is 2.52. The number of nitrogens with one attached hydrogen (secondary N) is 1. The molecule has 0 spiro atoms.